The number of thioether (sulfide) groups is 2. The van der Waals surface area contributed by atoms with Gasteiger partial charge in [0, 0.05) is 55.4 Å². The highest BCUT2D eigenvalue weighted by Gasteiger charge is 2.48. The van der Waals surface area contributed by atoms with E-state index in [1.807, 2.05) is 29.6 Å². The Labute approximate surface area is 685 Å². The van der Waals surface area contributed by atoms with E-state index in [0.29, 0.717) is 11.8 Å². The van der Waals surface area contributed by atoms with Crippen LogP contribution in [0.2, 0.25) is 0 Å². The van der Waals surface area contributed by atoms with Gasteiger partial charge in [-0.3, -0.25) is 0 Å². The first-order chi connectivity index (χ1) is 56.2. The van der Waals surface area contributed by atoms with E-state index in [-0.39, 0.29) is 0 Å². The summed E-state index contributed by atoms with van der Waals surface area (Å²) in [6.07, 6.45) is 12.4. The van der Waals surface area contributed by atoms with Crippen LogP contribution in [0.3, 0.4) is 0 Å². The van der Waals surface area contributed by atoms with Crippen molar-refractivity contribution in [3.8, 4) is 44.9 Å². The van der Waals surface area contributed by atoms with Crippen molar-refractivity contribution in [2.45, 2.75) is 125 Å². The number of hydrogen-bond donors (Lipinski definition) is 0. The third-order valence-electron chi connectivity index (χ3n) is 23.9. The molecular weight excluding hydrogens is 1420 g/mol. The summed E-state index contributed by atoms with van der Waals surface area (Å²) in [4.78, 5) is 7.33. The fourth-order valence-electron chi connectivity index (χ4n) is 17.4. The number of hydrogen-bond acceptors (Lipinski definition) is 6. The summed E-state index contributed by atoms with van der Waals surface area (Å²) >= 11 is 3.77. The lowest BCUT2D eigenvalue weighted by Gasteiger charge is -2.35. The Morgan fingerprint density at radius 3 is 1.05 bits per heavy atom. The first kappa shape index (κ1) is 76.7. The van der Waals surface area contributed by atoms with Crippen LogP contribution in [-0.2, 0) is 28.8 Å². The highest BCUT2D eigenvalue weighted by atomic mass is 32.2. The number of ether oxygens (including phenoxy) is 2. The predicted octanol–water partition coefficient (Wildman–Crippen LogP) is 30.0. The summed E-state index contributed by atoms with van der Waals surface area (Å²) in [5.41, 5.74) is 27.4. The molecule has 0 N–H and O–H groups in total. The number of unbranched alkanes of at least 4 members (excludes halogenated alkanes) is 2. The third-order valence-corrected chi connectivity index (χ3v) is 26.0. The van der Waals surface area contributed by atoms with Gasteiger partial charge in [-0.25, -0.2) is 0 Å². The molecule has 0 amide bonds. The van der Waals surface area contributed by atoms with Gasteiger partial charge in [0.1, 0.15) is 11.5 Å². The van der Waals surface area contributed by atoms with Crippen LogP contribution in [-0.4, -0.2) is 13.2 Å². The monoisotopic (exact) mass is 1520 g/mol. The topological polar surface area (TPSA) is 24.9 Å². The molecule has 4 unspecified atom stereocenters. The first-order valence-electron chi connectivity index (χ1n) is 41.3. The van der Waals surface area contributed by atoms with Crippen LogP contribution >= 0.6 is 23.5 Å². The molecule has 0 aliphatic heterocycles. The van der Waals surface area contributed by atoms with Gasteiger partial charge in [0.15, 0.2) is 0 Å². The van der Waals surface area contributed by atoms with E-state index in [2.05, 4.69) is 391 Å². The molecule has 14 aromatic rings. The summed E-state index contributed by atoms with van der Waals surface area (Å²) in [5.74, 6) is 4.66. The van der Waals surface area contributed by atoms with Gasteiger partial charge in [0.2, 0.25) is 0 Å². The number of nitrogens with zero attached hydrogens (tertiary/aromatic N) is 2. The maximum Gasteiger partial charge on any atom is 0.119 e. The average Bonchev–Trinajstić information content (AvgIpc) is 1.50. The van der Waals surface area contributed by atoms with E-state index in [0.717, 1.165) is 106 Å². The fourth-order valence-corrected chi connectivity index (χ4v) is 19.1. The molecule has 0 fully saturated rings. The molecule has 2 aliphatic rings. The molecule has 0 spiro atoms. The van der Waals surface area contributed by atoms with Crippen LogP contribution in [0.5, 0.6) is 11.5 Å². The highest BCUT2D eigenvalue weighted by Crippen LogP contribution is 2.60. The van der Waals surface area contributed by atoms with Gasteiger partial charge in [-0.15, -0.1) is 23.5 Å². The van der Waals surface area contributed by atoms with Crippen molar-refractivity contribution < 1.29 is 9.47 Å². The quantitative estimate of drug-likeness (QED) is 0.0380. The number of benzene rings is 14. The molecule has 0 radical (unpaired) electrons. The van der Waals surface area contributed by atoms with E-state index < -0.39 is 10.8 Å². The second-order valence-electron chi connectivity index (χ2n) is 30.7. The van der Waals surface area contributed by atoms with Crippen molar-refractivity contribution in [1.29, 1.82) is 0 Å². The second kappa shape index (κ2) is 35.4. The molecule has 6 heteroatoms. The van der Waals surface area contributed by atoms with Crippen LogP contribution in [0.1, 0.15) is 153 Å². The van der Waals surface area contributed by atoms with Crippen LogP contribution in [0.15, 0.2) is 356 Å². The zero-order valence-electron chi connectivity index (χ0n) is 66.5. The molecule has 4 nitrogen and oxygen atoms in total. The van der Waals surface area contributed by atoms with Crippen molar-refractivity contribution in [3.63, 3.8) is 0 Å². The van der Waals surface area contributed by atoms with Crippen molar-refractivity contribution in [1.82, 2.24) is 0 Å². The van der Waals surface area contributed by atoms with Gasteiger partial charge >= 0.3 is 0 Å². The standard InChI is InChI=1S/C108H102N2O2S2/c1-7-13-25-79(11-5)73-111-95-61-47-85(48-62-95)107(87-51-65-97(66-52-87)113-75-81-39-35-77(9-3)36-40-81)103-33-23-21-31-99(103)101-69-59-93(71-105(101)107)109(89-27-17-15-18-28-89)91-55-43-83(44-56-91)84-45-57-92(58-46-84)110(90-29-19-16-20-30-90)94-60-70-102-100-32-22-24-34-104(100)108(106(102)72-94,86-49-63-96(64-50-86)112-74-80(12-6)26-14-8-2)88-53-67-98(68-54-88)114-76-82-41-37-78(10-4)38-42-82/h9,15-24,27-72,79-80H,3,7-8,10-14,25-26,73-76H2,1-2,4-6H3. The van der Waals surface area contributed by atoms with Crippen LogP contribution in [0.4, 0.5) is 34.1 Å². The lowest BCUT2D eigenvalue weighted by Crippen LogP contribution is -2.29. The van der Waals surface area contributed by atoms with Gasteiger partial charge in [-0.2, -0.15) is 0 Å². The van der Waals surface area contributed by atoms with Gasteiger partial charge < -0.3 is 19.3 Å². The molecule has 2 aliphatic carbocycles. The molecule has 14 aromatic carbocycles. The average molecular weight is 1520 g/mol. The molecule has 0 saturated carbocycles. The number of para-hydroxylation sites is 2. The van der Waals surface area contributed by atoms with Gasteiger partial charge in [0.05, 0.1) is 24.0 Å². The maximum absolute atomic E-state index is 6.65. The van der Waals surface area contributed by atoms with Crippen molar-refractivity contribution in [2.24, 2.45) is 11.8 Å². The minimum atomic E-state index is -0.661. The summed E-state index contributed by atoms with van der Waals surface area (Å²) < 4.78 is 13.3. The largest absolute Gasteiger partial charge is 0.493 e. The lowest BCUT2D eigenvalue weighted by atomic mass is 9.67. The fraction of sp³-hybridized carbons (Fsp3) is 0.204. The zero-order valence-corrected chi connectivity index (χ0v) is 68.1. The van der Waals surface area contributed by atoms with Gasteiger partial charge in [-0.05, 0) is 253 Å². The van der Waals surface area contributed by atoms with Crippen LogP contribution in [0, 0.1) is 11.8 Å². The highest BCUT2D eigenvalue weighted by molar-refractivity contribution is 7.98. The van der Waals surface area contributed by atoms with E-state index in [1.54, 1.807) is 0 Å². The molecule has 0 heterocycles. The minimum absolute atomic E-state index is 0.528. The lowest BCUT2D eigenvalue weighted by molar-refractivity contribution is 0.233. The summed E-state index contributed by atoms with van der Waals surface area (Å²) in [5, 5.41) is 0. The molecule has 4 atom stereocenters. The summed E-state index contributed by atoms with van der Waals surface area (Å²) in [7, 11) is 0. The SMILES string of the molecule is C=Cc1ccc(CSc2ccc(C3(c4ccc(OCC(CC)CCCC)cc4)c4ccccc4-c4ccc(N(c5ccccc5)c5ccc(-c6ccc(N(c7ccccc7)c7ccc8c(c7)C(c7ccc(OCC(CC)CCCC)cc7)(c7ccc(SCc9ccc(CC)cc9)cc7)c7ccccc7-8)cc6)cc5)cc43)cc2)cc1. The predicted molar refractivity (Wildman–Crippen MR) is 485 cm³/mol. The van der Waals surface area contributed by atoms with Gasteiger partial charge in [-0.1, -0.05) is 304 Å². The third kappa shape index (κ3) is 15.7. The number of fused-ring (bicyclic) bond motifs is 6. The van der Waals surface area contributed by atoms with Crippen LogP contribution < -0.4 is 19.3 Å². The van der Waals surface area contributed by atoms with Crippen molar-refractivity contribution in [2.75, 3.05) is 23.0 Å². The summed E-state index contributed by atoms with van der Waals surface area (Å²) in [6.45, 7) is 16.8. The number of aryl methyl sites for hydroxylation is 1. The molecule has 0 bridgehead atoms. The molecule has 16 rings (SSSR count). The molecule has 568 valence electrons. The Bertz CT molecular complexity index is 5520. The molecule has 0 saturated heterocycles. The van der Waals surface area contributed by atoms with Gasteiger partial charge in [0.25, 0.3) is 0 Å². The van der Waals surface area contributed by atoms with Crippen LogP contribution in [0.25, 0.3) is 39.5 Å². The minimum Gasteiger partial charge on any atom is -0.493 e. The number of anilines is 6. The maximum atomic E-state index is 6.65. The Kier molecular flexibility index (Phi) is 23.8. The Morgan fingerprint density at radius 1 is 0.333 bits per heavy atom. The van der Waals surface area contributed by atoms with Crippen molar-refractivity contribution >= 4 is 63.7 Å². The van der Waals surface area contributed by atoms with E-state index >= 15 is 0 Å². The van der Waals surface area contributed by atoms with E-state index in [1.165, 1.54) is 132 Å². The second-order valence-corrected chi connectivity index (χ2v) is 32.8. The Balaban J connectivity index is 0.742. The van der Waals surface area contributed by atoms with Crippen molar-refractivity contribution in [3.05, 3.63) is 413 Å². The summed E-state index contributed by atoms with van der Waals surface area (Å²) in [6, 6.07) is 127. The van der Waals surface area contributed by atoms with E-state index in [9.17, 15) is 0 Å². The normalized spacial score (nSPS) is 14.9. The number of rotatable bonds is 33. The molecular formula is C108H102N2O2S2. The molecule has 114 heavy (non-hydrogen) atoms. The smallest absolute Gasteiger partial charge is 0.119 e. The Morgan fingerprint density at radius 2 is 0.675 bits per heavy atom. The zero-order chi connectivity index (χ0) is 77.8. The van der Waals surface area contributed by atoms with E-state index in [4.69, 9.17) is 9.47 Å². The Hall–Kier alpha value is -11.3. The first-order valence-corrected chi connectivity index (χ1v) is 43.3. The molecule has 0 aromatic heterocycles.